The Labute approximate surface area is 132 Å². The molecule has 0 radical (unpaired) electrons. The molecule has 0 aromatic carbocycles. The van der Waals surface area contributed by atoms with E-state index in [1.165, 1.54) is 0 Å². The van der Waals surface area contributed by atoms with Crippen LogP contribution >= 0.6 is 0 Å². The smallest absolute Gasteiger partial charge is 0.411 e. The molecule has 2 aliphatic rings. The van der Waals surface area contributed by atoms with E-state index in [9.17, 15) is 4.79 Å². The van der Waals surface area contributed by atoms with Gasteiger partial charge in [0.05, 0.1) is 6.61 Å². The summed E-state index contributed by atoms with van der Waals surface area (Å²) in [6.45, 7) is 0.485. The van der Waals surface area contributed by atoms with Gasteiger partial charge in [-0.3, -0.25) is 5.32 Å². The first-order chi connectivity index (χ1) is 10.8. The zero-order valence-corrected chi connectivity index (χ0v) is 12.9. The van der Waals surface area contributed by atoms with Crippen LogP contribution in [-0.2, 0) is 4.74 Å². The van der Waals surface area contributed by atoms with E-state index < -0.39 is 0 Å². The second kappa shape index (κ2) is 9.68. The minimum atomic E-state index is -0.384. The minimum Gasteiger partial charge on any atom is -0.449 e. The van der Waals surface area contributed by atoms with Gasteiger partial charge in [0, 0.05) is 18.5 Å². The van der Waals surface area contributed by atoms with Gasteiger partial charge in [-0.25, -0.2) is 4.79 Å². The van der Waals surface area contributed by atoms with E-state index in [1.807, 2.05) is 42.5 Å². The summed E-state index contributed by atoms with van der Waals surface area (Å²) in [7, 11) is 0. The normalized spacial score (nSPS) is 18.6. The molecular weight excluding hydrogens is 274 g/mol. The molecule has 2 aliphatic carbocycles. The number of allylic oxidation sites excluding steroid dienone is 7. The standard InChI is InChI=1S/C19H23NO2/c21-19(20-18-14-10-6-3-7-11-15-18)22-16-17-12-8-4-1-2-5-9-13-17/h3,6-7,10-11,14-15,17H,4-5,8-9,12-13,16H2,(H,20,21). The topological polar surface area (TPSA) is 38.3 Å². The second-order valence-electron chi connectivity index (χ2n) is 5.48. The van der Waals surface area contributed by atoms with Crippen molar-refractivity contribution < 1.29 is 9.53 Å². The Morgan fingerprint density at radius 1 is 1.09 bits per heavy atom. The summed E-state index contributed by atoms with van der Waals surface area (Å²) in [5, 5.41) is 2.77. The lowest BCUT2D eigenvalue weighted by molar-refractivity contribution is 0.124. The zero-order valence-electron chi connectivity index (χ0n) is 12.9. The fourth-order valence-electron chi connectivity index (χ4n) is 2.44. The average molecular weight is 297 g/mol. The SMILES string of the molecule is O=C(NC1=CC=CC=CC=C1)OCC1CCCC#CCCC1. The van der Waals surface area contributed by atoms with Gasteiger partial charge in [-0.15, -0.1) is 11.8 Å². The zero-order chi connectivity index (χ0) is 15.5. The maximum absolute atomic E-state index is 11.9. The number of ether oxygens (including phenoxy) is 1. The first-order valence-electron chi connectivity index (χ1n) is 7.96. The van der Waals surface area contributed by atoms with Gasteiger partial charge in [-0.2, -0.15) is 0 Å². The molecule has 116 valence electrons. The number of nitrogens with one attached hydrogen (secondary N) is 1. The average Bonchev–Trinajstić information content (AvgIpc) is 2.61. The summed E-state index contributed by atoms with van der Waals surface area (Å²) in [5.74, 6) is 6.80. The van der Waals surface area contributed by atoms with Gasteiger partial charge in [0.1, 0.15) is 0 Å². The first kappa shape index (κ1) is 16.2. The number of hydrogen-bond acceptors (Lipinski definition) is 2. The molecule has 0 aromatic rings. The van der Waals surface area contributed by atoms with Crippen molar-refractivity contribution in [1.82, 2.24) is 5.32 Å². The lowest BCUT2D eigenvalue weighted by Gasteiger charge is -2.16. The van der Waals surface area contributed by atoms with Crippen molar-refractivity contribution in [3.05, 3.63) is 48.2 Å². The molecule has 0 heterocycles. The minimum absolute atomic E-state index is 0.384. The number of amides is 1. The van der Waals surface area contributed by atoms with E-state index in [1.54, 1.807) is 0 Å². The van der Waals surface area contributed by atoms with Crippen LogP contribution < -0.4 is 5.32 Å². The molecule has 0 saturated heterocycles. The van der Waals surface area contributed by atoms with Gasteiger partial charge < -0.3 is 4.74 Å². The van der Waals surface area contributed by atoms with Gasteiger partial charge in [-0.1, -0.05) is 30.4 Å². The molecule has 0 unspecified atom stereocenters. The van der Waals surface area contributed by atoms with E-state index >= 15 is 0 Å². The van der Waals surface area contributed by atoms with Crippen molar-refractivity contribution in [2.45, 2.75) is 38.5 Å². The third-order valence-electron chi connectivity index (χ3n) is 3.65. The molecular formula is C19H23NO2. The van der Waals surface area contributed by atoms with Crippen LogP contribution in [0, 0.1) is 17.8 Å². The summed E-state index contributed by atoms with van der Waals surface area (Å²) >= 11 is 0. The van der Waals surface area contributed by atoms with Crippen LogP contribution in [0.15, 0.2) is 48.2 Å². The molecule has 0 spiro atoms. The number of alkyl carbamates (subject to hydrolysis) is 1. The fraction of sp³-hybridized carbons (Fsp3) is 0.421. The highest BCUT2D eigenvalue weighted by atomic mass is 16.5. The predicted molar refractivity (Wildman–Crippen MR) is 89.0 cm³/mol. The van der Waals surface area contributed by atoms with E-state index in [0.717, 1.165) is 44.2 Å². The molecule has 3 heteroatoms. The quantitative estimate of drug-likeness (QED) is 0.791. The second-order valence-corrected chi connectivity index (χ2v) is 5.48. The third kappa shape index (κ3) is 6.49. The Morgan fingerprint density at radius 3 is 2.55 bits per heavy atom. The Morgan fingerprint density at radius 2 is 1.77 bits per heavy atom. The largest absolute Gasteiger partial charge is 0.449 e. The molecule has 2 rings (SSSR count). The molecule has 0 aromatic heterocycles. The van der Waals surface area contributed by atoms with Crippen LogP contribution in [0.2, 0.25) is 0 Å². The van der Waals surface area contributed by atoms with Gasteiger partial charge in [0.15, 0.2) is 0 Å². The van der Waals surface area contributed by atoms with Crippen molar-refractivity contribution in [2.24, 2.45) is 5.92 Å². The summed E-state index contributed by atoms with van der Waals surface area (Å²) in [4.78, 5) is 11.9. The van der Waals surface area contributed by atoms with Gasteiger partial charge in [0.25, 0.3) is 0 Å². The van der Waals surface area contributed by atoms with Gasteiger partial charge in [0.2, 0.25) is 0 Å². The maximum Gasteiger partial charge on any atom is 0.411 e. The summed E-state index contributed by atoms with van der Waals surface area (Å²) < 4.78 is 5.39. The van der Waals surface area contributed by atoms with E-state index in [4.69, 9.17) is 4.74 Å². The molecule has 3 nitrogen and oxygen atoms in total. The molecule has 22 heavy (non-hydrogen) atoms. The first-order valence-corrected chi connectivity index (χ1v) is 7.96. The van der Waals surface area contributed by atoms with Crippen molar-refractivity contribution in [3.63, 3.8) is 0 Å². The van der Waals surface area contributed by atoms with Crippen LogP contribution in [-0.4, -0.2) is 12.7 Å². The Kier molecular flexibility index (Phi) is 7.11. The van der Waals surface area contributed by atoms with Crippen molar-refractivity contribution in [1.29, 1.82) is 0 Å². The van der Waals surface area contributed by atoms with Crippen LogP contribution in [0.5, 0.6) is 0 Å². The number of carbonyl (C=O) groups is 1. The summed E-state index contributed by atoms with van der Waals surface area (Å²) in [5.41, 5.74) is 0.730. The van der Waals surface area contributed by atoms with Gasteiger partial charge in [-0.05, 0) is 43.8 Å². The van der Waals surface area contributed by atoms with Crippen LogP contribution in [0.4, 0.5) is 4.79 Å². The Balaban J connectivity index is 1.74. The molecule has 0 aliphatic heterocycles. The van der Waals surface area contributed by atoms with Crippen molar-refractivity contribution >= 4 is 6.09 Å². The van der Waals surface area contributed by atoms with Crippen molar-refractivity contribution in [2.75, 3.05) is 6.61 Å². The number of carbonyl (C=O) groups excluding carboxylic acids is 1. The lowest BCUT2D eigenvalue weighted by atomic mass is 9.98. The fourth-order valence-corrected chi connectivity index (χ4v) is 2.44. The van der Waals surface area contributed by atoms with Crippen LogP contribution in [0.25, 0.3) is 0 Å². The van der Waals surface area contributed by atoms with Crippen molar-refractivity contribution in [3.8, 4) is 11.8 Å². The molecule has 0 atom stereocenters. The molecule has 0 bridgehead atoms. The monoisotopic (exact) mass is 297 g/mol. The highest BCUT2D eigenvalue weighted by molar-refractivity contribution is 5.70. The summed E-state index contributed by atoms with van der Waals surface area (Å²) in [6.07, 6.45) is 19.1. The highest BCUT2D eigenvalue weighted by Crippen LogP contribution is 2.17. The van der Waals surface area contributed by atoms with E-state index in [2.05, 4.69) is 17.2 Å². The summed E-state index contributed by atoms with van der Waals surface area (Å²) in [6, 6.07) is 0. The molecule has 0 saturated carbocycles. The van der Waals surface area contributed by atoms with Crippen LogP contribution in [0.1, 0.15) is 38.5 Å². The highest BCUT2D eigenvalue weighted by Gasteiger charge is 2.12. The number of hydrogen-bond donors (Lipinski definition) is 1. The lowest BCUT2D eigenvalue weighted by Crippen LogP contribution is -2.25. The maximum atomic E-state index is 11.9. The third-order valence-corrected chi connectivity index (χ3v) is 3.65. The Hall–Kier alpha value is -2.21. The van der Waals surface area contributed by atoms with E-state index in [0.29, 0.717) is 12.5 Å². The molecule has 1 amide bonds. The molecule has 1 N–H and O–H groups in total. The number of rotatable bonds is 3. The predicted octanol–water partition coefficient (Wildman–Crippen LogP) is 4.25. The molecule has 0 fully saturated rings. The van der Waals surface area contributed by atoms with E-state index in [-0.39, 0.29) is 6.09 Å². The Bertz CT molecular complexity index is 530. The van der Waals surface area contributed by atoms with Gasteiger partial charge >= 0.3 is 6.09 Å². The van der Waals surface area contributed by atoms with Crippen LogP contribution in [0.3, 0.4) is 0 Å².